The van der Waals surface area contributed by atoms with Crippen molar-refractivity contribution in [2.75, 3.05) is 26.2 Å². The summed E-state index contributed by atoms with van der Waals surface area (Å²) in [6, 6.07) is 14.6. The Morgan fingerprint density at radius 2 is 1.73 bits per heavy atom. The van der Waals surface area contributed by atoms with Crippen LogP contribution in [-0.2, 0) is 24.1 Å². The predicted octanol–water partition coefficient (Wildman–Crippen LogP) is 6.24. The van der Waals surface area contributed by atoms with Crippen molar-refractivity contribution in [3.8, 4) is 22.6 Å². The van der Waals surface area contributed by atoms with Crippen molar-refractivity contribution < 1.29 is 32.2 Å². The zero-order chi connectivity index (χ0) is 26.3. The number of alkyl halides is 3. The maximum absolute atomic E-state index is 13.4. The van der Waals surface area contributed by atoms with E-state index in [-0.39, 0.29) is 18.7 Å². The SMILES string of the molecule is COc1cc2cc3c(c(-c4ccc(N(C)Cc5ccccc5C(F)(F)F)nc4)c2cc1OC)C(=O)OC3. The normalized spacial score (nSPS) is 12.9. The van der Waals surface area contributed by atoms with Gasteiger partial charge in [-0.2, -0.15) is 13.2 Å². The summed E-state index contributed by atoms with van der Waals surface area (Å²) in [7, 11) is 4.77. The zero-order valence-electron chi connectivity index (χ0n) is 20.3. The molecule has 1 aliphatic heterocycles. The van der Waals surface area contributed by atoms with Gasteiger partial charge in [-0.3, -0.25) is 0 Å². The Morgan fingerprint density at radius 3 is 2.41 bits per heavy atom. The highest BCUT2D eigenvalue weighted by Crippen LogP contribution is 2.42. The van der Waals surface area contributed by atoms with Gasteiger partial charge in [0.2, 0.25) is 0 Å². The van der Waals surface area contributed by atoms with Crippen LogP contribution in [0.5, 0.6) is 11.5 Å². The van der Waals surface area contributed by atoms with Crippen LogP contribution < -0.4 is 14.4 Å². The van der Waals surface area contributed by atoms with E-state index < -0.39 is 17.7 Å². The summed E-state index contributed by atoms with van der Waals surface area (Å²) in [6.45, 7) is 0.188. The third-order valence-corrected chi connectivity index (χ3v) is 6.45. The molecular formula is C28H23F3N2O4. The largest absolute Gasteiger partial charge is 0.493 e. The van der Waals surface area contributed by atoms with Crippen LogP contribution in [0.1, 0.15) is 27.0 Å². The summed E-state index contributed by atoms with van der Waals surface area (Å²) >= 11 is 0. The molecule has 0 N–H and O–H groups in total. The molecule has 0 saturated carbocycles. The lowest BCUT2D eigenvalue weighted by Gasteiger charge is -2.21. The molecule has 1 aromatic heterocycles. The number of anilines is 1. The Kier molecular flexibility index (Phi) is 6.15. The first-order valence-corrected chi connectivity index (χ1v) is 11.4. The summed E-state index contributed by atoms with van der Waals surface area (Å²) < 4.78 is 56.5. The number of halogens is 3. The number of pyridine rings is 1. The van der Waals surface area contributed by atoms with E-state index in [2.05, 4.69) is 4.98 Å². The topological polar surface area (TPSA) is 60.9 Å². The molecule has 0 radical (unpaired) electrons. The Hall–Kier alpha value is -4.27. The average Bonchev–Trinajstić information content (AvgIpc) is 3.26. The van der Waals surface area contributed by atoms with Crippen LogP contribution in [0.15, 0.2) is 60.8 Å². The molecule has 0 saturated heterocycles. The molecule has 3 aromatic carbocycles. The number of rotatable bonds is 6. The second-order valence-electron chi connectivity index (χ2n) is 8.71. The molecule has 0 spiro atoms. The summed E-state index contributed by atoms with van der Waals surface area (Å²) in [5.41, 5.74) is 2.01. The highest BCUT2D eigenvalue weighted by Gasteiger charge is 2.33. The number of carbonyl (C=O) groups is 1. The van der Waals surface area contributed by atoms with Crippen LogP contribution >= 0.6 is 0 Å². The Labute approximate surface area is 211 Å². The summed E-state index contributed by atoms with van der Waals surface area (Å²) in [6.07, 6.45) is -2.83. The van der Waals surface area contributed by atoms with E-state index in [0.717, 1.165) is 22.4 Å². The van der Waals surface area contributed by atoms with Gasteiger partial charge in [-0.25, -0.2) is 9.78 Å². The Balaban J connectivity index is 1.56. The minimum absolute atomic E-state index is 0.0228. The van der Waals surface area contributed by atoms with Crippen molar-refractivity contribution in [1.29, 1.82) is 0 Å². The number of methoxy groups -OCH3 is 2. The van der Waals surface area contributed by atoms with Gasteiger partial charge >= 0.3 is 12.1 Å². The number of ether oxygens (including phenoxy) is 3. The number of cyclic esters (lactones) is 1. The van der Waals surface area contributed by atoms with Crippen molar-refractivity contribution in [3.63, 3.8) is 0 Å². The molecule has 0 bridgehead atoms. The molecule has 1 aliphatic rings. The number of benzene rings is 3. The molecule has 0 unspecified atom stereocenters. The molecule has 9 heteroatoms. The van der Waals surface area contributed by atoms with Crippen LogP contribution in [0.2, 0.25) is 0 Å². The monoisotopic (exact) mass is 508 g/mol. The molecule has 190 valence electrons. The van der Waals surface area contributed by atoms with Crippen molar-refractivity contribution in [3.05, 3.63) is 83.0 Å². The Morgan fingerprint density at radius 1 is 1.00 bits per heavy atom. The molecule has 37 heavy (non-hydrogen) atoms. The summed E-state index contributed by atoms with van der Waals surface area (Å²) in [5.74, 6) is 1.13. The molecule has 4 aromatic rings. The first kappa shape index (κ1) is 24.4. The number of aromatic nitrogens is 1. The van der Waals surface area contributed by atoms with E-state index in [1.54, 1.807) is 43.5 Å². The second kappa shape index (κ2) is 9.31. The van der Waals surface area contributed by atoms with E-state index in [1.165, 1.54) is 19.2 Å². The second-order valence-corrected chi connectivity index (χ2v) is 8.71. The van der Waals surface area contributed by atoms with Crippen molar-refractivity contribution in [2.45, 2.75) is 19.3 Å². The van der Waals surface area contributed by atoms with Gasteiger partial charge in [-0.15, -0.1) is 0 Å². The maximum Gasteiger partial charge on any atom is 0.416 e. The fraction of sp³-hybridized carbons (Fsp3) is 0.214. The number of carbonyl (C=O) groups excluding carboxylic acids is 1. The Bertz CT molecular complexity index is 1500. The number of nitrogens with zero attached hydrogens (tertiary/aromatic N) is 2. The first-order valence-electron chi connectivity index (χ1n) is 11.4. The molecule has 6 nitrogen and oxygen atoms in total. The van der Waals surface area contributed by atoms with Crippen LogP contribution in [0.25, 0.3) is 21.9 Å². The van der Waals surface area contributed by atoms with E-state index in [1.807, 2.05) is 18.2 Å². The van der Waals surface area contributed by atoms with Gasteiger partial charge in [0, 0.05) is 36.5 Å². The minimum atomic E-state index is -4.44. The van der Waals surface area contributed by atoms with E-state index >= 15 is 0 Å². The van der Waals surface area contributed by atoms with Crippen LogP contribution in [0, 0.1) is 0 Å². The van der Waals surface area contributed by atoms with Crippen molar-refractivity contribution >= 4 is 22.6 Å². The maximum atomic E-state index is 13.4. The smallest absolute Gasteiger partial charge is 0.416 e. The van der Waals surface area contributed by atoms with Gasteiger partial charge in [0.05, 0.1) is 25.3 Å². The van der Waals surface area contributed by atoms with Crippen LogP contribution in [0.3, 0.4) is 0 Å². The van der Waals surface area contributed by atoms with Crippen molar-refractivity contribution in [1.82, 2.24) is 4.98 Å². The van der Waals surface area contributed by atoms with Gasteiger partial charge in [-0.1, -0.05) is 18.2 Å². The van der Waals surface area contributed by atoms with Gasteiger partial charge in [0.1, 0.15) is 12.4 Å². The third-order valence-electron chi connectivity index (χ3n) is 6.45. The lowest BCUT2D eigenvalue weighted by molar-refractivity contribution is -0.138. The van der Waals surface area contributed by atoms with Gasteiger partial charge < -0.3 is 19.1 Å². The third kappa shape index (κ3) is 4.41. The lowest BCUT2D eigenvalue weighted by atomic mass is 9.91. The molecule has 5 rings (SSSR count). The first-order chi connectivity index (χ1) is 17.7. The van der Waals surface area contributed by atoms with E-state index in [0.29, 0.717) is 34.0 Å². The van der Waals surface area contributed by atoms with Crippen LogP contribution in [0.4, 0.5) is 19.0 Å². The van der Waals surface area contributed by atoms with Crippen LogP contribution in [-0.4, -0.2) is 32.2 Å². The average molecular weight is 508 g/mol. The quantitative estimate of drug-likeness (QED) is 0.287. The molecule has 2 heterocycles. The molecule has 0 aliphatic carbocycles. The standard InChI is InChI=1S/C28H23F3N2O4/c1-33(14-17-6-4-5-7-21(17)28(29,30)31)24-9-8-16(13-32-24)25-20-12-23(36-3)22(35-2)11-18(20)10-19-15-37-27(34)26(19)25/h4-13H,14-15H2,1-3H3. The van der Waals surface area contributed by atoms with Gasteiger partial charge in [0.25, 0.3) is 0 Å². The zero-order valence-corrected chi connectivity index (χ0v) is 20.3. The minimum Gasteiger partial charge on any atom is -0.493 e. The number of esters is 1. The van der Waals surface area contributed by atoms with E-state index in [9.17, 15) is 18.0 Å². The summed E-state index contributed by atoms with van der Waals surface area (Å²) in [5, 5.41) is 1.60. The lowest BCUT2D eigenvalue weighted by Crippen LogP contribution is -2.20. The van der Waals surface area contributed by atoms with E-state index in [4.69, 9.17) is 14.2 Å². The summed E-state index contributed by atoms with van der Waals surface area (Å²) in [4.78, 5) is 18.8. The molecule has 0 amide bonds. The van der Waals surface area contributed by atoms with Gasteiger partial charge in [0.15, 0.2) is 11.5 Å². The number of fused-ring (bicyclic) bond motifs is 2. The fourth-order valence-corrected chi connectivity index (χ4v) is 4.68. The fourth-order valence-electron chi connectivity index (χ4n) is 4.68. The van der Waals surface area contributed by atoms with Crippen molar-refractivity contribution in [2.24, 2.45) is 0 Å². The molecular weight excluding hydrogens is 485 g/mol. The number of hydrogen-bond acceptors (Lipinski definition) is 6. The van der Waals surface area contributed by atoms with Gasteiger partial charge in [-0.05, 0) is 52.7 Å². The predicted molar refractivity (Wildman–Crippen MR) is 133 cm³/mol. The molecule has 0 fully saturated rings. The molecule has 0 atom stereocenters. The number of hydrogen-bond donors (Lipinski definition) is 0. The highest BCUT2D eigenvalue weighted by molar-refractivity contribution is 6.11. The highest BCUT2D eigenvalue weighted by atomic mass is 19.4.